The molecule has 0 bridgehead atoms. The molecule has 0 atom stereocenters. The second-order valence-corrected chi connectivity index (χ2v) is 5.19. The van der Waals surface area contributed by atoms with Crippen molar-refractivity contribution in [3.8, 4) is 22.5 Å². The van der Waals surface area contributed by atoms with E-state index in [1.165, 1.54) is 0 Å². The standard InChI is InChI=1S/C16H11N2.Ir/c1-3-7-13(8-4-1)15-11-16(18-12-17-15)14-9-5-2-6-10-14;/h1-11H;. The van der Waals surface area contributed by atoms with Gasteiger partial charge in [0.1, 0.15) is 0 Å². The Morgan fingerprint density at radius 2 is 1.05 bits per heavy atom. The van der Waals surface area contributed by atoms with E-state index in [1.807, 2.05) is 61.4 Å². The Labute approximate surface area is 122 Å². The van der Waals surface area contributed by atoms with Crippen molar-refractivity contribution in [1.29, 1.82) is 0 Å². The summed E-state index contributed by atoms with van der Waals surface area (Å²) in [5, 5.41) is 0. The Hall–Kier alpha value is -1.83. The fourth-order valence-electron chi connectivity index (χ4n) is 1.92. The van der Waals surface area contributed by atoms with Crippen LogP contribution in [0.5, 0.6) is 0 Å². The van der Waals surface area contributed by atoms with E-state index in [1.54, 1.807) is 0 Å². The zero-order valence-electron chi connectivity index (χ0n) is 10.1. The molecule has 1 heterocycles. The van der Waals surface area contributed by atoms with Crippen LogP contribution in [-0.2, 0) is 18.9 Å². The van der Waals surface area contributed by atoms with E-state index < -0.39 is 0 Å². The van der Waals surface area contributed by atoms with Crippen molar-refractivity contribution < 1.29 is 18.9 Å². The van der Waals surface area contributed by atoms with Gasteiger partial charge < -0.3 is 0 Å². The van der Waals surface area contributed by atoms with Crippen molar-refractivity contribution in [3.63, 3.8) is 0 Å². The minimum absolute atomic E-state index is 0.792. The summed E-state index contributed by atoms with van der Waals surface area (Å²) in [5.41, 5.74) is 4.16. The van der Waals surface area contributed by atoms with E-state index >= 15 is 0 Å². The number of rotatable bonds is 2. The number of hydrogen-bond acceptors (Lipinski definition) is 2. The molecular weight excluding hydrogens is 412 g/mol. The summed E-state index contributed by atoms with van der Waals surface area (Å²) in [6, 6.07) is 22.4. The number of hydrogen-bond donors (Lipinski definition) is 0. The summed E-state index contributed by atoms with van der Waals surface area (Å²) in [7, 11) is 0. The van der Waals surface area contributed by atoms with Gasteiger partial charge in [0.15, 0.2) is 0 Å². The molecule has 94 valence electrons. The Kier molecular flexibility index (Phi) is 3.49. The molecule has 19 heavy (non-hydrogen) atoms. The van der Waals surface area contributed by atoms with Crippen LogP contribution in [-0.4, -0.2) is 9.97 Å². The first kappa shape index (κ1) is 12.2. The molecule has 0 spiro atoms. The van der Waals surface area contributed by atoms with Gasteiger partial charge in [0.25, 0.3) is 0 Å². The van der Waals surface area contributed by atoms with Crippen molar-refractivity contribution in [3.05, 3.63) is 66.7 Å². The average Bonchev–Trinajstić information content (AvgIpc) is 2.48. The van der Waals surface area contributed by atoms with Crippen LogP contribution in [0.15, 0.2) is 66.7 Å². The summed E-state index contributed by atoms with van der Waals surface area (Å²) >= 11 is 1.93. The Morgan fingerprint density at radius 3 is 1.47 bits per heavy atom. The molecule has 0 N–H and O–H groups in total. The Balaban J connectivity index is 2.12. The van der Waals surface area contributed by atoms with Gasteiger partial charge in [-0.15, -0.1) is 0 Å². The SMILES string of the molecule is [Ir][c]1nc(-c2ccccc2)cc(-c2ccccc2)n1. The van der Waals surface area contributed by atoms with E-state index in [2.05, 4.69) is 34.2 Å². The fraction of sp³-hybridized carbons (Fsp3) is 0. The van der Waals surface area contributed by atoms with Crippen LogP contribution in [0.25, 0.3) is 22.5 Å². The fourth-order valence-corrected chi connectivity index (χ4v) is 2.50. The van der Waals surface area contributed by atoms with Gasteiger partial charge in [-0.25, -0.2) is 0 Å². The van der Waals surface area contributed by atoms with E-state index in [0.717, 1.165) is 26.9 Å². The van der Waals surface area contributed by atoms with Crippen molar-refractivity contribution >= 4 is 4.34 Å². The number of benzene rings is 2. The Morgan fingerprint density at radius 1 is 0.632 bits per heavy atom. The van der Waals surface area contributed by atoms with Crippen molar-refractivity contribution in [2.24, 2.45) is 0 Å². The van der Waals surface area contributed by atoms with Gasteiger partial charge >= 0.3 is 122 Å². The molecule has 0 unspecified atom stereocenters. The first-order valence-corrected chi connectivity index (χ1v) is 7.16. The molecule has 3 aromatic rings. The average molecular weight is 423 g/mol. The third-order valence-corrected chi connectivity index (χ3v) is 3.36. The zero-order chi connectivity index (χ0) is 13.1. The Bertz CT molecular complexity index is 624. The molecule has 0 fully saturated rings. The molecule has 0 saturated carbocycles. The van der Waals surface area contributed by atoms with E-state index in [-0.39, 0.29) is 0 Å². The molecule has 0 saturated heterocycles. The second-order valence-electron chi connectivity index (χ2n) is 4.12. The number of nitrogens with zero attached hydrogens (tertiary/aromatic N) is 2. The summed E-state index contributed by atoms with van der Waals surface area (Å²) in [4.78, 5) is 9.04. The molecule has 1 aromatic heterocycles. The predicted octanol–water partition coefficient (Wildman–Crippen LogP) is 2.98. The molecule has 0 radical (unpaired) electrons. The maximum atomic E-state index is 4.52. The predicted molar refractivity (Wildman–Crippen MR) is 72.5 cm³/mol. The van der Waals surface area contributed by atoms with E-state index in [9.17, 15) is 0 Å². The first-order chi connectivity index (χ1) is 9.33. The van der Waals surface area contributed by atoms with Gasteiger partial charge in [-0.05, 0) is 0 Å². The van der Waals surface area contributed by atoms with Crippen LogP contribution in [0, 0.1) is 0 Å². The van der Waals surface area contributed by atoms with Crippen LogP contribution in [0.4, 0.5) is 0 Å². The molecule has 0 amide bonds. The molecule has 3 rings (SSSR count). The third kappa shape index (κ3) is 2.78. The van der Waals surface area contributed by atoms with Gasteiger partial charge in [0.05, 0.1) is 0 Å². The van der Waals surface area contributed by atoms with Gasteiger partial charge in [-0.1, -0.05) is 0 Å². The van der Waals surface area contributed by atoms with Crippen LogP contribution in [0.3, 0.4) is 0 Å². The monoisotopic (exact) mass is 424 g/mol. The summed E-state index contributed by atoms with van der Waals surface area (Å²) in [6.07, 6.45) is 0. The summed E-state index contributed by atoms with van der Waals surface area (Å²) in [6.45, 7) is 0. The maximum absolute atomic E-state index is 4.52. The van der Waals surface area contributed by atoms with Crippen LogP contribution in [0.2, 0.25) is 0 Å². The van der Waals surface area contributed by atoms with Gasteiger partial charge in [0, 0.05) is 0 Å². The van der Waals surface area contributed by atoms with Crippen molar-refractivity contribution in [2.45, 2.75) is 0 Å². The van der Waals surface area contributed by atoms with Gasteiger partial charge in [0.2, 0.25) is 0 Å². The van der Waals surface area contributed by atoms with Crippen molar-refractivity contribution in [2.75, 3.05) is 0 Å². The minimum atomic E-state index is 0.792. The first-order valence-electron chi connectivity index (χ1n) is 5.96. The zero-order valence-corrected chi connectivity index (χ0v) is 12.5. The van der Waals surface area contributed by atoms with E-state index in [4.69, 9.17) is 0 Å². The van der Waals surface area contributed by atoms with Crippen LogP contribution in [0.1, 0.15) is 0 Å². The topological polar surface area (TPSA) is 25.8 Å². The second kappa shape index (κ2) is 5.43. The molecule has 0 aliphatic heterocycles. The molecule has 2 aromatic carbocycles. The summed E-state index contributed by atoms with van der Waals surface area (Å²) in [5.74, 6) is 0. The molecule has 0 aliphatic rings. The van der Waals surface area contributed by atoms with Gasteiger partial charge in [-0.3, -0.25) is 0 Å². The molecular formula is C16H11IrN2. The quantitative estimate of drug-likeness (QED) is 0.634. The normalized spacial score (nSPS) is 10.4. The third-order valence-electron chi connectivity index (χ3n) is 2.83. The van der Waals surface area contributed by atoms with E-state index in [0.29, 0.717) is 0 Å². The van der Waals surface area contributed by atoms with Crippen molar-refractivity contribution in [1.82, 2.24) is 9.97 Å². The molecule has 3 heteroatoms. The number of aromatic nitrogens is 2. The summed E-state index contributed by atoms with van der Waals surface area (Å²) < 4.78 is 0.792. The van der Waals surface area contributed by atoms with Gasteiger partial charge in [-0.2, -0.15) is 0 Å². The molecule has 2 nitrogen and oxygen atoms in total. The van der Waals surface area contributed by atoms with Crippen LogP contribution < -0.4 is 4.34 Å². The molecule has 0 aliphatic carbocycles. The van der Waals surface area contributed by atoms with Crippen LogP contribution >= 0.6 is 0 Å².